The molecule has 6 nitrogen and oxygen atoms in total. The van der Waals surface area contributed by atoms with Crippen molar-refractivity contribution in [1.82, 2.24) is 0 Å². The zero-order valence-corrected chi connectivity index (χ0v) is 17.9. The number of amides is 1. The van der Waals surface area contributed by atoms with Crippen LogP contribution in [0.25, 0.3) is 0 Å². The van der Waals surface area contributed by atoms with Gasteiger partial charge in [-0.15, -0.1) is 0 Å². The van der Waals surface area contributed by atoms with Crippen molar-refractivity contribution in [3.8, 4) is 5.75 Å². The zero-order valence-electron chi connectivity index (χ0n) is 16.4. The van der Waals surface area contributed by atoms with E-state index in [1.165, 1.54) is 31.4 Å². The van der Waals surface area contributed by atoms with E-state index in [0.717, 1.165) is 0 Å². The van der Waals surface area contributed by atoms with Crippen LogP contribution in [0, 0.1) is 0 Å². The molecule has 0 heterocycles. The molecule has 158 valence electrons. The number of benzene rings is 3. The number of carbonyl (C=O) groups is 3. The van der Waals surface area contributed by atoms with Gasteiger partial charge in [-0.2, -0.15) is 0 Å². The lowest BCUT2D eigenvalue weighted by atomic mass is 10.1. The first-order valence-electron chi connectivity index (χ1n) is 9.09. The van der Waals surface area contributed by atoms with E-state index in [-0.39, 0.29) is 27.6 Å². The number of rotatable bonds is 7. The number of ether oxygens (including phenoxy) is 2. The van der Waals surface area contributed by atoms with Crippen LogP contribution in [-0.4, -0.2) is 31.4 Å². The summed E-state index contributed by atoms with van der Waals surface area (Å²) in [7, 11) is 1.52. The Labute approximate surface area is 188 Å². The SMILES string of the molecule is COc1ccc(C(=O)COC(=O)c2ccccc2NC(=O)c2ccc(Cl)cc2Cl)cc1. The first kappa shape index (κ1) is 22.3. The van der Waals surface area contributed by atoms with Crippen LogP contribution in [0.1, 0.15) is 31.1 Å². The maximum absolute atomic E-state index is 12.6. The van der Waals surface area contributed by atoms with E-state index in [0.29, 0.717) is 16.3 Å². The van der Waals surface area contributed by atoms with Crippen LogP contribution in [0.5, 0.6) is 5.75 Å². The second-order valence-electron chi connectivity index (χ2n) is 6.35. The second-order valence-corrected chi connectivity index (χ2v) is 7.20. The van der Waals surface area contributed by atoms with Crippen LogP contribution >= 0.6 is 23.2 Å². The molecule has 1 amide bonds. The molecule has 0 fully saturated rings. The van der Waals surface area contributed by atoms with Gasteiger partial charge in [-0.05, 0) is 54.6 Å². The summed E-state index contributed by atoms with van der Waals surface area (Å²) in [6, 6.07) is 17.2. The first-order chi connectivity index (χ1) is 14.9. The predicted molar refractivity (Wildman–Crippen MR) is 118 cm³/mol. The highest BCUT2D eigenvalue weighted by Gasteiger charge is 2.18. The molecule has 0 saturated heterocycles. The van der Waals surface area contributed by atoms with E-state index in [1.54, 1.807) is 42.5 Å². The van der Waals surface area contributed by atoms with E-state index in [4.69, 9.17) is 32.7 Å². The number of anilines is 1. The Balaban J connectivity index is 1.69. The average Bonchev–Trinajstić information content (AvgIpc) is 2.77. The van der Waals surface area contributed by atoms with Crippen LogP contribution in [0.2, 0.25) is 10.0 Å². The summed E-state index contributed by atoms with van der Waals surface area (Å²) in [6.07, 6.45) is 0. The third kappa shape index (κ3) is 5.63. The summed E-state index contributed by atoms with van der Waals surface area (Å²) >= 11 is 11.9. The Morgan fingerprint density at radius 2 is 1.61 bits per heavy atom. The molecule has 31 heavy (non-hydrogen) atoms. The molecule has 8 heteroatoms. The Morgan fingerprint density at radius 1 is 0.903 bits per heavy atom. The van der Waals surface area contributed by atoms with Gasteiger partial charge < -0.3 is 14.8 Å². The highest BCUT2D eigenvalue weighted by Crippen LogP contribution is 2.23. The number of methoxy groups -OCH3 is 1. The van der Waals surface area contributed by atoms with Crippen LogP contribution in [0.15, 0.2) is 66.7 Å². The van der Waals surface area contributed by atoms with E-state index in [2.05, 4.69) is 5.32 Å². The van der Waals surface area contributed by atoms with Gasteiger partial charge in [-0.25, -0.2) is 4.79 Å². The van der Waals surface area contributed by atoms with E-state index < -0.39 is 18.5 Å². The number of Topliss-reactive ketones (excluding diaryl/α,β-unsaturated/α-hetero) is 1. The molecule has 0 aromatic heterocycles. The standard InChI is InChI=1S/C23H17Cl2NO5/c1-30-16-9-6-14(7-10-16)21(27)13-31-23(29)18-4-2-3-5-20(18)26-22(28)17-11-8-15(24)12-19(17)25/h2-12H,13H2,1H3,(H,26,28). The highest BCUT2D eigenvalue weighted by atomic mass is 35.5. The molecular formula is C23H17Cl2NO5. The molecule has 0 atom stereocenters. The van der Waals surface area contributed by atoms with Crippen molar-refractivity contribution in [3.05, 3.63) is 93.5 Å². The fourth-order valence-corrected chi connectivity index (χ4v) is 3.20. The van der Waals surface area contributed by atoms with Gasteiger partial charge in [0.05, 0.1) is 28.9 Å². The minimum atomic E-state index is -0.750. The molecule has 0 spiro atoms. The number of esters is 1. The Bertz CT molecular complexity index is 1130. The van der Waals surface area contributed by atoms with E-state index >= 15 is 0 Å². The van der Waals surface area contributed by atoms with E-state index in [9.17, 15) is 14.4 Å². The molecule has 0 aliphatic carbocycles. The van der Waals surface area contributed by atoms with Gasteiger partial charge in [0.1, 0.15) is 5.75 Å². The number of nitrogens with one attached hydrogen (secondary N) is 1. The largest absolute Gasteiger partial charge is 0.497 e. The van der Waals surface area contributed by atoms with Gasteiger partial charge >= 0.3 is 5.97 Å². The number of hydrogen-bond acceptors (Lipinski definition) is 5. The lowest BCUT2D eigenvalue weighted by Gasteiger charge is -2.11. The molecule has 3 aromatic rings. The quantitative estimate of drug-likeness (QED) is 0.384. The lowest BCUT2D eigenvalue weighted by Crippen LogP contribution is -2.18. The molecule has 3 aromatic carbocycles. The summed E-state index contributed by atoms with van der Waals surface area (Å²) < 4.78 is 10.2. The first-order valence-corrected chi connectivity index (χ1v) is 9.84. The molecule has 0 saturated carbocycles. The summed E-state index contributed by atoms with van der Waals surface area (Å²) in [5.41, 5.74) is 0.903. The van der Waals surface area contributed by atoms with Crippen molar-refractivity contribution in [3.63, 3.8) is 0 Å². The Morgan fingerprint density at radius 3 is 2.29 bits per heavy atom. The Hall–Kier alpha value is -3.35. The third-order valence-corrected chi connectivity index (χ3v) is 4.87. The minimum absolute atomic E-state index is 0.100. The number of carbonyl (C=O) groups excluding carboxylic acids is 3. The lowest BCUT2D eigenvalue weighted by molar-refractivity contribution is 0.0475. The van der Waals surface area contributed by atoms with Crippen LogP contribution in [0.3, 0.4) is 0 Å². The molecule has 3 rings (SSSR count). The van der Waals surface area contributed by atoms with Crippen LogP contribution < -0.4 is 10.1 Å². The van der Waals surface area contributed by atoms with Crippen LogP contribution in [-0.2, 0) is 4.74 Å². The summed E-state index contributed by atoms with van der Waals surface area (Å²) in [4.78, 5) is 37.4. The summed E-state index contributed by atoms with van der Waals surface area (Å²) in [5.74, 6) is -1.03. The fraction of sp³-hybridized carbons (Fsp3) is 0.0870. The number of hydrogen-bond donors (Lipinski definition) is 1. The third-order valence-electron chi connectivity index (χ3n) is 4.32. The van der Waals surface area contributed by atoms with Gasteiger partial charge in [-0.1, -0.05) is 35.3 Å². The van der Waals surface area contributed by atoms with Crippen molar-refractivity contribution in [1.29, 1.82) is 0 Å². The zero-order chi connectivity index (χ0) is 22.4. The van der Waals surface area contributed by atoms with Gasteiger partial charge in [-0.3, -0.25) is 9.59 Å². The van der Waals surface area contributed by atoms with Gasteiger partial charge in [0, 0.05) is 10.6 Å². The van der Waals surface area contributed by atoms with Crippen molar-refractivity contribution in [2.75, 3.05) is 19.0 Å². The smallest absolute Gasteiger partial charge is 0.340 e. The second kappa shape index (κ2) is 10.1. The molecule has 0 aliphatic heterocycles. The van der Waals surface area contributed by atoms with Crippen molar-refractivity contribution < 1.29 is 23.9 Å². The molecular weight excluding hydrogens is 441 g/mol. The maximum atomic E-state index is 12.6. The molecule has 0 unspecified atom stereocenters. The van der Waals surface area contributed by atoms with Gasteiger partial charge in [0.15, 0.2) is 12.4 Å². The molecule has 0 aliphatic rings. The summed E-state index contributed by atoms with van der Waals surface area (Å²) in [5, 5.41) is 3.21. The van der Waals surface area contributed by atoms with Gasteiger partial charge in [0.2, 0.25) is 0 Å². The fourth-order valence-electron chi connectivity index (χ4n) is 2.70. The van der Waals surface area contributed by atoms with Crippen molar-refractivity contribution in [2.24, 2.45) is 0 Å². The molecule has 0 bridgehead atoms. The highest BCUT2D eigenvalue weighted by molar-refractivity contribution is 6.37. The van der Waals surface area contributed by atoms with Gasteiger partial charge in [0.25, 0.3) is 5.91 Å². The van der Waals surface area contributed by atoms with Crippen LogP contribution in [0.4, 0.5) is 5.69 Å². The maximum Gasteiger partial charge on any atom is 0.340 e. The van der Waals surface area contributed by atoms with Crippen molar-refractivity contribution >= 4 is 46.5 Å². The predicted octanol–water partition coefficient (Wildman–Crippen LogP) is 5.29. The summed E-state index contributed by atoms with van der Waals surface area (Å²) in [6.45, 7) is -0.448. The number of halogens is 2. The van der Waals surface area contributed by atoms with E-state index in [1.807, 2.05) is 0 Å². The minimum Gasteiger partial charge on any atom is -0.497 e. The monoisotopic (exact) mass is 457 g/mol. The van der Waals surface area contributed by atoms with Crippen molar-refractivity contribution in [2.45, 2.75) is 0 Å². The average molecular weight is 458 g/mol. The number of ketones is 1. The Kier molecular flexibility index (Phi) is 7.28. The normalized spacial score (nSPS) is 10.3. The molecule has 1 N–H and O–H groups in total. The molecule has 0 radical (unpaired) electrons. The topological polar surface area (TPSA) is 81.7 Å². The number of para-hydroxylation sites is 1.